The van der Waals surface area contributed by atoms with Gasteiger partial charge in [-0.15, -0.1) is 0 Å². The first-order chi connectivity index (χ1) is 5.31. The zero-order valence-corrected chi connectivity index (χ0v) is 6.84. The number of carbonyl (C=O) groups excluding carboxylic acids is 1. The number of hydrogen-bond donors (Lipinski definition) is 2. The standard InChI is InChI=1S/C8H15NO2/c1-2-5-8(11)9-6-3-4-7-10/h2,5,10H,3-4,6-7H2,1H3,(H,9,11)/b5-2-. The largest absolute Gasteiger partial charge is 0.396 e. The summed E-state index contributed by atoms with van der Waals surface area (Å²) in [7, 11) is 0. The van der Waals surface area contributed by atoms with E-state index in [0.29, 0.717) is 6.54 Å². The van der Waals surface area contributed by atoms with E-state index in [-0.39, 0.29) is 12.5 Å². The molecule has 0 aliphatic heterocycles. The van der Waals surface area contributed by atoms with Crippen LogP contribution in [0.4, 0.5) is 0 Å². The summed E-state index contributed by atoms with van der Waals surface area (Å²) in [4.78, 5) is 10.7. The van der Waals surface area contributed by atoms with E-state index in [0.717, 1.165) is 12.8 Å². The highest BCUT2D eigenvalue weighted by Crippen LogP contribution is 1.83. The minimum absolute atomic E-state index is 0.0644. The van der Waals surface area contributed by atoms with Crippen LogP contribution in [0, 0.1) is 0 Å². The number of unbranched alkanes of at least 4 members (excludes halogenated alkanes) is 1. The molecule has 3 nitrogen and oxygen atoms in total. The van der Waals surface area contributed by atoms with Crippen molar-refractivity contribution in [3.8, 4) is 0 Å². The van der Waals surface area contributed by atoms with Crippen molar-refractivity contribution in [2.75, 3.05) is 13.2 Å². The maximum atomic E-state index is 10.7. The minimum atomic E-state index is -0.0644. The molecule has 3 heteroatoms. The van der Waals surface area contributed by atoms with Gasteiger partial charge in [-0.3, -0.25) is 4.79 Å². The molecule has 0 bridgehead atoms. The summed E-state index contributed by atoms with van der Waals surface area (Å²) in [6.07, 6.45) is 4.76. The van der Waals surface area contributed by atoms with Gasteiger partial charge in [-0.25, -0.2) is 0 Å². The number of rotatable bonds is 5. The summed E-state index contributed by atoms with van der Waals surface area (Å²) in [5.41, 5.74) is 0. The van der Waals surface area contributed by atoms with E-state index in [1.165, 1.54) is 6.08 Å². The van der Waals surface area contributed by atoms with Crippen LogP contribution in [0.1, 0.15) is 19.8 Å². The highest BCUT2D eigenvalue weighted by atomic mass is 16.2. The number of aliphatic hydroxyl groups is 1. The summed E-state index contributed by atoms with van der Waals surface area (Å²) < 4.78 is 0. The third kappa shape index (κ3) is 7.06. The van der Waals surface area contributed by atoms with Gasteiger partial charge in [0.15, 0.2) is 0 Å². The lowest BCUT2D eigenvalue weighted by molar-refractivity contribution is -0.116. The molecule has 0 saturated heterocycles. The van der Waals surface area contributed by atoms with Gasteiger partial charge >= 0.3 is 0 Å². The SMILES string of the molecule is C/C=C\C(=O)NCCCCO. The molecule has 0 aliphatic rings. The van der Waals surface area contributed by atoms with E-state index in [1.54, 1.807) is 13.0 Å². The third-order valence-electron chi connectivity index (χ3n) is 1.20. The molecule has 0 heterocycles. The van der Waals surface area contributed by atoms with Crippen LogP contribution < -0.4 is 5.32 Å². The van der Waals surface area contributed by atoms with Crippen molar-refractivity contribution >= 4 is 5.91 Å². The van der Waals surface area contributed by atoms with Gasteiger partial charge in [0.2, 0.25) is 5.91 Å². The van der Waals surface area contributed by atoms with Crippen molar-refractivity contribution in [2.24, 2.45) is 0 Å². The molecule has 0 aromatic rings. The number of aliphatic hydroxyl groups excluding tert-OH is 1. The van der Waals surface area contributed by atoms with Crippen LogP contribution in [0.15, 0.2) is 12.2 Å². The molecule has 1 amide bonds. The highest BCUT2D eigenvalue weighted by molar-refractivity contribution is 5.87. The number of nitrogens with one attached hydrogen (secondary N) is 1. The molecular formula is C8H15NO2. The Balaban J connectivity index is 3.17. The molecule has 0 aromatic heterocycles. The van der Waals surface area contributed by atoms with Gasteiger partial charge in [0, 0.05) is 13.2 Å². The molecule has 0 rings (SSSR count). The molecule has 0 radical (unpaired) electrons. The Bertz CT molecular complexity index is 132. The second-order valence-corrected chi connectivity index (χ2v) is 2.22. The minimum Gasteiger partial charge on any atom is -0.396 e. The average Bonchev–Trinajstić information content (AvgIpc) is 1.99. The van der Waals surface area contributed by atoms with Crippen LogP contribution in [0.2, 0.25) is 0 Å². The zero-order valence-electron chi connectivity index (χ0n) is 6.84. The van der Waals surface area contributed by atoms with Crippen molar-refractivity contribution in [3.05, 3.63) is 12.2 Å². The molecular weight excluding hydrogens is 142 g/mol. The van der Waals surface area contributed by atoms with Crippen molar-refractivity contribution in [3.63, 3.8) is 0 Å². The van der Waals surface area contributed by atoms with E-state index < -0.39 is 0 Å². The zero-order chi connectivity index (χ0) is 8.53. The molecule has 0 aliphatic carbocycles. The first-order valence-electron chi connectivity index (χ1n) is 3.82. The fourth-order valence-corrected chi connectivity index (χ4v) is 0.659. The Labute approximate surface area is 67.1 Å². The quantitative estimate of drug-likeness (QED) is 0.449. The van der Waals surface area contributed by atoms with Crippen LogP contribution in [0.5, 0.6) is 0 Å². The van der Waals surface area contributed by atoms with E-state index in [1.807, 2.05) is 0 Å². The maximum absolute atomic E-state index is 10.7. The summed E-state index contributed by atoms with van der Waals surface area (Å²) in [6, 6.07) is 0. The van der Waals surface area contributed by atoms with Crippen LogP contribution in [-0.4, -0.2) is 24.2 Å². The van der Waals surface area contributed by atoms with Gasteiger partial charge < -0.3 is 10.4 Å². The lowest BCUT2D eigenvalue weighted by Gasteiger charge is -1.99. The van der Waals surface area contributed by atoms with Gasteiger partial charge in [-0.2, -0.15) is 0 Å². The van der Waals surface area contributed by atoms with Gasteiger partial charge in [-0.05, 0) is 25.8 Å². The molecule has 0 saturated carbocycles. The van der Waals surface area contributed by atoms with E-state index in [4.69, 9.17) is 5.11 Å². The Morgan fingerprint density at radius 2 is 2.27 bits per heavy atom. The predicted molar refractivity (Wildman–Crippen MR) is 44.1 cm³/mol. The normalized spacial score (nSPS) is 10.4. The van der Waals surface area contributed by atoms with Gasteiger partial charge in [-0.1, -0.05) is 6.08 Å². The monoisotopic (exact) mass is 157 g/mol. The van der Waals surface area contributed by atoms with Crippen molar-refractivity contribution in [1.82, 2.24) is 5.32 Å². The van der Waals surface area contributed by atoms with Crippen LogP contribution >= 0.6 is 0 Å². The first-order valence-corrected chi connectivity index (χ1v) is 3.82. The fourth-order valence-electron chi connectivity index (χ4n) is 0.659. The second-order valence-electron chi connectivity index (χ2n) is 2.22. The molecule has 64 valence electrons. The van der Waals surface area contributed by atoms with E-state index >= 15 is 0 Å². The Hall–Kier alpha value is -0.830. The molecule has 0 spiro atoms. The molecule has 11 heavy (non-hydrogen) atoms. The molecule has 0 fully saturated rings. The summed E-state index contributed by atoms with van der Waals surface area (Å²) >= 11 is 0. The van der Waals surface area contributed by atoms with E-state index in [9.17, 15) is 4.79 Å². The van der Waals surface area contributed by atoms with E-state index in [2.05, 4.69) is 5.32 Å². The van der Waals surface area contributed by atoms with Gasteiger partial charge in [0.25, 0.3) is 0 Å². The molecule has 0 atom stereocenters. The summed E-state index contributed by atoms with van der Waals surface area (Å²) in [5.74, 6) is -0.0644. The van der Waals surface area contributed by atoms with Crippen LogP contribution in [0.3, 0.4) is 0 Å². The number of amides is 1. The molecule has 0 aromatic carbocycles. The van der Waals surface area contributed by atoms with Crippen molar-refractivity contribution in [2.45, 2.75) is 19.8 Å². The topological polar surface area (TPSA) is 49.3 Å². The number of hydrogen-bond acceptors (Lipinski definition) is 2. The Kier molecular flexibility index (Phi) is 6.73. The predicted octanol–water partition coefficient (Wildman–Crippen LogP) is 0.451. The van der Waals surface area contributed by atoms with Crippen LogP contribution in [-0.2, 0) is 4.79 Å². The van der Waals surface area contributed by atoms with Crippen molar-refractivity contribution in [1.29, 1.82) is 0 Å². The van der Waals surface area contributed by atoms with Gasteiger partial charge in [0.05, 0.1) is 0 Å². The Morgan fingerprint density at radius 1 is 1.55 bits per heavy atom. The number of carbonyl (C=O) groups is 1. The average molecular weight is 157 g/mol. The first kappa shape index (κ1) is 10.2. The smallest absolute Gasteiger partial charge is 0.243 e. The second kappa shape index (κ2) is 7.28. The summed E-state index contributed by atoms with van der Waals surface area (Å²) in [6.45, 7) is 2.64. The third-order valence-corrected chi connectivity index (χ3v) is 1.20. The highest BCUT2D eigenvalue weighted by Gasteiger charge is 1.91. The van der Waals surface area contributed by atoms with Crippen LogP contribution in [0.25, 0.3) is 0 Å². The fraction of sp³-hybridized carbons (Fsp3) is 0.625. The van der Waals surface area contributed by atoms with Crippen molar-refractivity contribution < 1.29 is 9.90 Å². The van der Waals surface area contributed by atoms with Gasteiger partial charge in [0.1, 0.15) is 0 Å². The summed E-state index contributed by atoms with van der Waals surface area (Å²) in [5, 5.41) is 11.1. The Morgan fingerprint density at radius 3 is 2.82 bits per heavy atom. The lowest BCUT2D eigenvalue weighted by atomic mass is 10.3. The molecule has 0 unspecified atom stereocenters. The maximum Gasteiger partial charge on any atom is 0.243 e. The molecule has 2 N–H and O–H groups in total. The number of allylic oxidation sites excluding steroid dienone is 1. The lowest BCUT2D eigenvalue weighted by Crippen LogP contribution is -2.22.